The number of hydrogen-bond acceptors (Lipinski definition) is 4. The van der Waals surface area contributed by atoms with Gasteiger partial charge in [0.2, 0.25) is 0 Å². The van der Waals surface area contributed by atoms with E-state index in [0.29, 0.717) is 23.6 Å². The molecule has 0 radical (unpaired) electrons. The van der Waals surface area contributed by atoms with Crippen LogP contribution in [0.2, 0.25) is 0 Å². The van der Waals surface area contributed by atoms with E-state index in [-0.39, 0.29) is 12.3 Å². The molecule has 0 aromatic carbocycles. The number of hydrogen-bond donors (Lipinski definition) is 2. The molecule has 0 aliphatic carbocycles. The summed E-state index contributed by atoms with van der Waals surface area (Å²) in [5.74, 6) is 0.215. The molecule has 130 valence electrons. The number of amides is 1. The summed E-state index contributed by atoms with van der Waals surface area (Å²) in [6, 6.07) is 3.60. The Balaban J connectivity index is 2.23. The first-order valence-electron chi connectivity index (χ1n) is 7.77. The van der Waals surface area contributed by atoms with Gasteiger partial charge in [-0.1, -0.05) is 5.16 Å². The second kappa shape index (κ2) is 6.51. The van der Waals surface area contributed by atoms with Crippen LogP contribution in [0.5, 0.6) is 0 Å². The Morgan fingerprint density at radius 1 is 1.29 bits per heavy atom. The first-order valence-corrected chi connectivity index (χ1v) is 7.77. The number of carboxylic acids is 1. The van der Waals surface area contributed by atoms with E-state index in [4.69, 9.17) is 9.63 Å². The lowest BCUT2D eigenvalue weighted by molar-refractivity contribution is -0.137. The van der Waals surface area contributed by atoms with Crippen molar-refractivity contribution in [2.75, 3.05) is 0 Å². The minimum Gasteiger partial charge on any atom is -0.481 e. The molecule has 0 fully saturated rings. The fourth-order valence-electron chi connectivity index (χ4n) is 2.66. The van der Waals surface area contributed by atoms with Gasteiger partial charge in [0.15, 0.2) is 5.82 Å². The van der Waals surface area contributed by atoms with Crippen molar-refractivity contribution < 1.29 is 19.2 Å². The maximum Gasteiger partial charge on any atom is 0.303 e. The van der Waals surface area contributed by atoms with Crippen LogP contribution in [-0.4, -0.2) is 32.2 Å². The molecule has 0 saturated heterocycles. The summed E-state index contributed by atoms with van der Waals surface area (Å²) < 4.78 is 6.96. The van der Waals surface area contributed by atoms with E-state index in [1.165, 1.54) is 0 Å². The SMILES string of the molecule is Cc1cc(-n2c(C)cc(C(=O)NC(C)(C)CCC(=O)O)c2C)no1. The second-order valence-corrected chi connectivity index (χ2v) is 6.65. The summed E-state index contributed by atoms with van der Waals surface area (Å²) in [6.45, 7) is 9.17. The van der Waals surface area contributed by atoms with Crippen molar-refractivity contribution in [3.8, 4) is 5.82 Å². The minimum atomic E-state index is -0.878. The summed E-state index contributed by atoms with van der Waals surface area (Å²) in [5.41, 5.74) is 1.56. The van der Waals surface area contributed by atoms with Crippen LogP contribution in [-0.2, 0) is 4.79 Å². The predicted octanol–water partition coefficient (Wildman–Crippen LogP) is 2.76. The lowest BCUT2D eigenvalue weighted by Crippen LogP contribution is -2.43. The molecule has 0 saturated carbocycles. The van der Waals surface area contributed by atoms with E-state index >= 15 is 0 Å². The summed E-state index contributed by atoms with van der Waals surface area (Å²) >= 11 is 0. The zero-order valence-corrected chi connectivity index (χ0v) is 14.6. The second-order valence-electron chi connectivity index (χ2n) is 6.65. The van der Waals surface area contributed by atoms with Crippen LogP contribution in [0.4, 0.5) is 0 Å². The lowest BCUT2D eigenvalue weighted by atomic mass is 9.98. The molecular weight excluding hydrogens is 310 g/mol. The molecule has 0 unspecified atom stereocenters. The maximum atomic E-state index is 12.6. The smallest absolute Gasteiger partial charge is 0.303 e. The zero-order valence-electron chi connectivity index (χ0n) is 14.6. The monoisotopic (exact) mass is 333 g/mol. The van der Waals surface area contributed by atoms with Crippen molar-refractivity contribution in [3.05, 3.63) is 34.8 Å². The Labute approximate surface area is 140 Å². The van der Waals surface area contributed by atoms with Crippen molar-refractivity contribution in [1.82, 2.24) is 15.0 Å². The topological polar surface area (TPSA) is 97.4 Å². The molecule has 0 bridgehead atoms. The van der Waals surface area contributed by atoms with Crippen molar-refractivity contribution in [3.63, 3.8) is 0 Å². The predicted molar refractivity (Wildman–Crippen MR) is 88.5 cm³/mol. The van der Waals surface area contributed by atoms with Crippen LogP contribution < -0.4 is 5.32 Å². The van der Waals surface area contributed by atoms with E-state index in [1.54, 1.807) is 12.1 Å². The molecule has 2 aromatic heterocycles. The molecule has 0 aliphatic heterocycles. The molecule has 2 N–H and O–H groups in total. The first kappa shape index (κ1) is 17.8. The van der Waals surface area contributed by atoms with Crippen LogP contribution in [0.25, 0.3) is 5.82 Å². The Morgan fingerprint density at radius 2 is 1.96 bits per heavy atom. The number of nitrogens with one attached hydrogen (secondary N) is 1. The highest BCUT2D eigenvalue weighted by atomic mass is 16.5. The van der Waals surface area contributed by atoms with Gasteiger partial charge in [-0.2, -0.15) is 0 Å². The minimum absolute atomic E-state index is 0.00448. The standard InChI is InChI=1S/C17H23N3O4/c1-10-8-13(12(3)20(10)14-9-11(2)24-19-14)16(23)18-17(4,5)7-6-15(21)22/h8-9H,6-7H2,1-5H3,(H,18,23)(H,21,22). The van der Waals surface area contributed by atoms with Crippen LogP contribution in [0.1, 0.15) is 54.2 Å². The Bertz CT molecular complexity index is 771. The number of aromatic nitrogens is 2. The Morgan fingerprint density at radius 3 is 2.50 bits per heavy atom. The summed E-state index contributed by atoms with van der Waals surface area (Å²) in [5, 5.41) is 15.7. The number of rotatable bonds is 6. The van der Waals surface area contributed by atoms with Crippen molar-refractivity contribution in [1.29, 1.82) is 0 Å². The van der Waals surface area contributed by atoms with Gasteiger partial charge >= 0.3 is 5.97 Å². The third kappa shape index (κ3) is 3.84. The van der Waals surface area contributed by atoms with Gasteiger partial charge in [0, 0.05) is 29.4 Å². The first-order chi connectivity index (χ1) is 11.1. The van der Waals surface area contributed by atoms with Crippen LogP contribution >= 0.6 is 0 Å². The highest BCUT2D eigenvalue weighted by Crippen LogP contribution is 2.22. The van der Waals surface area contributed by atoms with Crippen LogP contribution in [0, 0.1) is 20.8 Å². The number of carbonyl (C=O) groups is 2. The molecule has 7 nitrogen and oxygen atoms in total. The summed E-state index contributed by atoms with van der Waals surface area (Å²) in [7, 11) is 0. The highest BCUT2D eigenvalue weighted by Gasteiger charge is 2.25. The molecule has 1 amide bonds. The van der Waals surface area contributed by atoms with Gasteiger partial charge in [0.25, 0.3) is 5.91 Å². The van der Waals surface area contributed by atoms with E-state index in [1.807, 2.05) is 39.2 Å². The van der Waals surface area contributed by atoms with E-state index < -0.39 is 11.5 Å². The normalized spacial score (nSPS) is 11.5. The maximum absolute atomic E-state index is 12.6. The fraction of sp³-hybridized carbons (Fsp3) is 0.471. The number of aryl methyl sites for hydroxylation is 2. The van der Waals surface area contributed by atoms with Gasteiger partial charge in [-0.3, -0.25) is 14.2 Å². The molecule has 0 aliphatic rings. The van der Waals surface area contributed by atoms with Gasteiger partial charge in [-0.25, -0.2) is 0 Å². The molecule has 2 rings (SSSR count). The quantitative estimate of drug-likeness (QED) is 0.847. The zero-order chi connectivity index (χ0) is 18.1. The van der Waals surface area contributed by atoms with Crippen LogP contribution in [0.15, 0.2) is 16.7 Å². The molecule has 2 heterocycles. The molecule has 2 aromatic rings. The van der Waals surface area contributed by atoms with Crippen molar-refractivity contribution >= 4 is 11.9 Å². The molecule has 0 spiro atoms. The molecule has 0 atom stereocenters. The summed E-state index contributed by atoms with van der Waals surface area (Å²) in [6.07, 6.45) is 0.361. The average molecular weight is 333 g/mol. The van der Waals surface area contributed by atoms with Crippen molar-refractivity contribution in [2.45, 2.75) is 53.0 Å². The number of carbonyl (C=O) groups excluding carboxylic acids is 1. The van der Waals surface area contributed by atoms with E-state index in [0.717, 1.165) is 11.4 Å². The van der Waals surface area contributed by atoms with E-state index in [2.05, 4.69) is 10.5 Å². The van der Waals surface area contributed by atoms with Gasteiger partial charge < -0.3 is 14.9 Å². The van der Waals surface area contributed by atoms with Crippen molar-refractivity contribution in [2.24, 2.45) is 0 Å². The molecule has 7 heteroatoms. The summed E-state index contributed by atoms with van der Waals surface area (Å²) in [4.78, 5) is 23.3. The van der Waals surface area contributed by atoms with Gasteiger partial charge in [-0.15, -0.1) is 0 Å². The van der Waals surface area contributed by atoms with Crippen LogP contribution in [0.3, 0.4) is 0 Å². The Kier molecular flexibility index (Phi) is 4.82. The third-order valence-corrected chi connectivity index (χ3v) is 3.94. The lowest BCUT2D eigenvalue weighted by Gasteiger charge is -2.25. The third-order valence-electron chi connectivity index (χ3n) is 3.94. The van der Waals surface area contributed by atoms with E-state index in [9.17, 15) is 9.59 Å². The number of nitrogens with zero attached hydrogens (tertiary/aromatic N) is 2. The number of carboxylic acid groups (broad SMARTS) is 1. The van der Waals surface area contributed by atoms with Gasteiger partial charge in [0.05, 0.1) is 5.56 Å². The van der Waals surface area contributed by atoms with Gasteiger partial charge in [0.1, 0.15) is 5.76 Å². The number of aliphatic carboxylic acids is 1. The van der Waals surface area contributed by atoms with Gasteiger partial charge in [-0.05, 0) is 47.1 Å². The fourth-order valence-corrected chi connectivity index (χ4v) is 2.66. The largest absolute Gasteiger partial charge is 0.481 e. The highest BCUT2D eigenvalue weighted by molar-refractivity contribution is 5.96. The molecular formula is C17H23N3O4. The molecule has 24 heavy (non-hydrogen) atoms. The average Bonchev–Trinajstić information content (AvgIpc) is 3.00. The Hall–Kier alpha value is -2.57.